The van der Waals surface area contributed by atoms with Gasteiger partial charge in [-0.3, -0.25) is 4.79 Å². The second-order valence-corrected chi connectivity index (χ2v) is 7.41. The maximum Gasteiger partial charge on any atom is 0.312 e. The highest BCUT2D eigenvalue weighted by molar-refractivity contribution is 7.14. The third-order valence-corrected chi connectivity index (χ3v) is 5.39. The Morgan fingerprint density at radius 2 is 2.00 bits per heavy atom. The molecule has 0 fully saturated rings. The Hall–Kier alpha value is -2.84. The Morgan fingerprint density at radius 1 is 1.15 bits per heavy atom. The van der Waals surface area contributed by atoms with Crippen LogP contribution in [0.25, 0.3) is 22.0 Å². The zero-order valence-electron chi connectivity index (χ0n) is 14.4. The van der Waals surface area contributed by atoms with E-state index < -0.39 is 6.10 Å². The molecule has 0 saturated carbocycles. The van der Waals surface area contributed by atoms with Gasteiger partial charge < -0.3 is 9.15 Å². The van der Waals surface area contributed by atoms with Gasteiger partial charge in [0.15, 0.2) is 6.10 Å². The number of carbonyl (C=O) groups excluding carboxylic acids is 1. The lowest BCUT2D eigenvalue weighted by molar-refractivity contribution is -0.148. The van der Waals surface area contributed by atoms with E-state index in [0.29, 0.717) is 11.6 Å². The molecule has 136 valence electrons. The van der Waals surface area contributed by atoms with Crippen LogP contribution >= 0.6 is 22.7 Å². The summed E-state index contributed by atoms with van der Waals surface area (Å²) in [6.07, 6.45) is -0.526. The van der Waals surface area contributed by atoms with Crippen LogP contribution in [0.4, 0.5) is 0 Å². The summed E-state index contributed by atoms with van der Waals surface area (Å²) < 4.78 is 11.0. The van der Waals surface area contributed by atoms with Crippen molar-refractivity contribution in [2.24, 2.45) is 0 Å². The molecule has 0 spiro atoms. The number of hydrogen-bond acceptors (Lipinski definition) is 8. The number of benzene rings is 1. The standard InChI is InChI=1S/C19H15N3O3S2/c1-12(17-21-22-18(25-17)13-5-3-2-4-6-13)24-16(23)9-15-11-27-19(20-15)14-7-8-26-10-14/h2-8,10-12H,9H2,1H3/t12-/m0/s1. The third kappa shape index (κ3) is 4.12. The van der Waals surface area contributed by atoms with Crippen molar-refractivity contribution in [3.05, 3.63) is 64.1 Å². The molecule has 0 aliphatic rings. The topological polar surface area (TPSA) is 78.1 Å². The molecule has 3 heterocycles. The minimum atomic E-state index is -0.627. The molecule has 1 aromatic carbocycles. The summed E-state index contributed by atoms with van der Waals surface area (Å²) in [7, 11) is 0. The fourth-order valence-corrected chi connectivity index (χ4v) is 3.97. The van der Waals surface area contributed by atoms with Gasteiger partial charge in [0, 0.05) is 21.9 Å². The molecule has 4 rings (SSSR count). The number of nitrogens with zero attached hydrogens (tertiary/aromatic N) is 3. The van der Waals surface area contributed by atoms with Crippen molar-refractivity contribution in [2.45, 2.75) is 19.4 Å². The van der Waals surface area contributed by atoms with Gasteiger partial charge in [0.25, 0.3) is 5.89 Å². The van der Waals surface area contributed by atoms with Gasteiger partial charge >= 0.3 is 5.97 Å². The first-order valence-electron chi connectivity index (χ1n) is 8.24. The first-order valence-corrected chi connectivity index (χ1v) is 10.1. The smallest absolute Gasteiger partial charge is 0.312 e. The largest absolute Gasteiger partial charge is 0.452 e. The molecule has 8 heteroatoms. The van der Waals surface area contributed by atoms with Crippen molar-refractivity contribution < 1.29 is 13.9 Å². The number of thiophene rings is 1. The van der Waals surface area contributed by atoms with E-state index in [1.807, 2.05) is 52.5 Å². The Kier molecular flexibility index (Phi) is 5.08. The Bertz CT molecular complexity index is 1030. The van der Waals surface area contributed by atoms with Crippen LogP contribution in [0.1, 0.15) is 24.6 Å². The Labute approximate surface area is 163 Å². The molecular formula is C19H15N3O3S2. The molecule has 6 nitrogen and oxygen atoms in total. The van der Waals surface area contributed by atoms with E-state index in [2.05, 4.69) is 15.2 Å². The molecule has 1 atom stereocenters. The second-order valence-electron chi connectivity index (χ2n) is 5.78. The lowest BCUT2D eigenvalue weighted by Gasteiger charge is -2.08. The van der Waals surface area contributed by atoms with Crippen LogP contribution in [-0.4, -0.2) is 21.2 Å². The molecule has 0 bridgehead atoms. The number of rotatable bonds is 6. The number of aromatic nitrogens is 3. The van der Waals surface area contributed by atoms with Gasteiger partial charge in [-0.15, -0.1) is 21.5 Å². The number of carbonyl (C=O) groups is 1. The average Bonchev–Trinajstić information content (AvgIpc) is 3.43. The minimum absolute atomic E-state index is 0.102. The summed E-state index contributed by atoms with van der Waals surface area (Å²) in [6.45, 7) is 1.71. The van der Waals surface area contributed by atoms with Crippen molar-refractivity contribution in [1.29, 1.82) is 0 Å². The molecule has 0 unspecified atom stereocenters. The zero-order chi connectivity index (χ0) is 18.6. The molecule has 0 aliphatic heterocycles. The summed E-state index contributed by atoms with van der Waals surface area (Å²) in [5.41, 5.74) is 2.57. The van der Waals surface area contributed by atoms with Crippen LogP contribution in [0.2, 0.25) is 0 Å². The first-order chi connectivity index (χ1) is 13.2. The highest BCUT2D eigenvalue weighted by Gasteiger charge is 2.20. The van der Waals surface area contributed by atoms with E-state index >= 15 is 0 Å². The van der Waals surface area contributed by atoms with Crippen molar-refractivity contribution in [2.75, 3.05) is 0 Å². The summed E-state index contributed by atoms with van der Waals surface area (Å²) in [5, 5.41) is 14.8. The van der Waals surface area contributed by atoms with Crippen molar-refractivity contribution in [3.63, 3.8) is 0 Å². The van der Waals surface area contributed by atoms with E-state index in [0.717, 1.165) is 16.1 Å². The van der Waals surface area contributed by atoms with Crippen LogP contribution in [0.5, 0.6) is 0 Å². The quantitative estimate of drug-likeness (QED) is 0.436. The summed E-state index contributed by atoms with van der Waals surface area (Å²) in [6, 6.07) is 11.4. The fraction of sp³-hybridized carbons (Fsp3) is 0.158. The van der Waals surface area contributed by atoms with Gasteiger partial charge in [-0.1, -0.05) is 18.2 Å². The molecule has 0 saturated heterocycles. The van der Waals surface area contributed by atoms with E-state index in [4.69, 9.17) is 9.15 Å². The first kappa shape index (κ1) is 17.6. The van der Waals surface area contributed by atoms with Crippen LogP contribution in [0.3, 0.4) is 0 Å². The third-order valence-electron chi connectivity index (χ3n) is 3.76. The molecule has 0 amide bonds. The average molecular weight is 397 g/mol. The fourth-order valence-electron chi connectivity index (χ4n) is 2.44. The van der Waals surface area contributed by atoms with Crippen LogP contribution in [0, 0.1) is 0 Å². The molecule has 0 radical (unpaired) electrons. The lowest BCUT2D eigenvalue weighted by Crippen LogP contribution is -2.12. The summed E-state index contributed by atoms with van der Waals surface area (Å²) >= 11 is 3.13. The van der Waals surface area contributed by atoms with E-state index in [9.17, 15) is 4.79 Å². The SMILES string of the molecule is C[C@H](OC(=O)Cc1csc(-c2ccsc2)n1)c1nnc(-c2ccccc2)o1. The minimum Gasteiger partial charge on any atom is -0.452 e. The predicted molar refractivity (Wildman–Crippen MR) is 103 cm³/mol. The lowest BCUT2D eigenvalue weighted by atomic mass is 10.2. The van der Waals surface area contributed by atoms with E-state index in [-0.39, 0.29) is 18.3 Å². The maximum absolute atomic E-state index is 12.2. The van der Waals surface area contributed by atoms with Crippen molar-refractivity contribution in [3.8, 4) is 22.0 Å². The van der Waals surface area contributed by atoms with Gasteiger partial charge in [-0.25, -0.2) is 4.98 Å². The van der Waals surface area contributed by atoms with E-state index in [1.165, 1.54) is 11.3 Å². The van der Waals surface area contributed by atoms with Gasteiger partial charge in [0.2, 0.25) is 5.89 Å². The molecule has 0 aliphatic carbocycles. The van der Waals surface area contributed by atoms with Crippen LogP contribution < -0.4 is 0 Å². The number of hydrogen-bond donors (Lipinski definition) is 0. The van der Waals surface area contributed by atoms with Gasteiger partial charge in [0.1, 0.15) is 5.01 Å². The second kappa shape index (κ2) is 7.81. The highest BCUT2D eigenvalue weighted by atomic mass is 32.1. The highest BCUT2D eigenvalue weighted by Crippen LogP contribution is 2.26. The van der Waals surface area contributed by atoms with Gasteiger partial charge in [-0.05, 0) is 30.5 Å². The van der Waals surface area contributed by atoms with Crippen LogP contribution in [0.15, 0.2) is 57.0 Å². The Morgan fingerprint density at radius 3 is 2.78 bits per heavy atom. The van der Waals surface area contributed by atoms with Gasteiger partial charge in [0.05, 0.1) is 12.1 Å². The van der Waals surface area contributed by atoms with Crippen LogP contribution in [-0.2, 0) is 16.0 Å². The zero-order valence-corrected chi connectivity index (χ0v) is 16.0. The number of thiazole rings is 1. The van der Waals surface area contributed by atoms with Crippen molar-refractivity contribution >= 4 is 28.6 Å². The molecule has 27 heavy (non-hydrogen) atoms. The predicted octanol–water partition coefficient (Wildman–Crippen LogP) is 4.77. The Balaban J connectivity index is 1.38. The normalized spacial score (nSPS) is 12.0. The monoisotopic (exact) mass is 397 g/mol. The number of esters is 1. The maximum atomic E-state index is 12.2. The molecular weight excluding hydrogens is 382 g/mol. The molecule has 0 N–H and O–H groups in total. The molecule has 3 aromatic heterocycles. The van der Waals surface area contributed by atoms with E-state index in [1.54, 1.807) is 18.3 Å². The van der Waals surface area contributed by atoms with Gasteiger partial charge in [-0.2, -0.15) is 11.3 Å². The summed E-state index contributed by atoms with van der Waals surface area (Å²) in [5.74, 6) is 0.275. The van der Waals surface area contributed by atoms with Crippen molar-refractivity contribution in [1.82, 2.24) is 15.2 Å². The number of ether oxygens (including phenoxy) is 1. The molecule has 4 aromatic rings. The summed E-state index contributed by atoms with van der Waals surface area (Å²) in [4.78, 5) is 16.7.